The van der Waals surface area contributed by atoms with Crippen molar-refractivity contribution in [3.05, 3.63) is 29.5 Å². The molecule has 2 heterocycles. The van der Waals surface area contributed by atoms with Crippen LogP contribution >= 0.6 is 0 Å². The Bertz CT molecular complexity index is 760. The minimum atomic E-state index is -0.489. The first-order valence-corrected chi connectivity index (χ1v) is 8.31. The zero-order valence-electron chi connectivity index (χ0n) is 14.1. The highest BCUT2D eigenvalue weighted by molar-refractivity contribution is 6.11. The number of benzene rings is 1. The molecule has 2 N–H and O–H groups in total. The summed E-state index contributed by atoms with van der Waals surface area (Å²) in [4.78, 5) is 29.7. The third-order valence-electron chi connectivity index (χ3n) is 4.42. The van der Waals surface area contributed by atoms with Gasteiger partial charge in [0.1, 0.15) is 5.69 Å². The third kappa shape index (κ3) is 3.43. The maximum absolute atomic E-state index is 12.4. The van der Waals surface area contributed by atoms with Gasteiger partial charge >= 0.3 is 5.97 Å². The molecule has 1 fully saturated rings. The van der Waals surface area contributed by atoms with Crippen molar-refractivity contribution in [3.8, 4) is 0 Å². The van der Waals surface area contributed by atoms with E-state index in [0.717, 1.165) is 42.4 Å². The zero-order valence-corrected chi connectivity index (χ0v) is 14.1. The van der Waals surface area contributed by atoms with E-state index in [2.05, 4.69) is 15.2 Å². The standard InChI is InChI=1S/C18H23N3O3/c1-12-6-7-13-14(10-12)19-17(18(23)24-2)16(13)20-15(22)11-21-8-4-3-5-9-21/h6-7,10,19H,3-5,8-9,11H2,1-2H3,(H,20,22). The average molecular weight is 329 g/mol. The van der Waals surface area contributed by atoms with E-state index in [-0.39, 0.29) is 11.6 Å². The van der Waals surface area contributed by atoms with E-state index in [4.69, 9.17) is 4.74 Å². The van der Waals surface area contributed by atoms with Gasteiger partial charge in [0.05, 0.1) is 19.3 Å². The molecule has 1 aromatic heterocycles. The Morgan fingerprint density at radius 1 is 1.25 bits per heavy atom. The number of likely N-dealkylation sites (tertiary alicyclic amines) is 1. The van der Waals surface area contributed by atoms with Gasteiger partial charge in [0.2, 0.25) is 5.91 Å². The van der Waals surface area contributed by atoms with E-state index < -0.39 is 5.97 Å². The molecule has 128 valence electrons. The molecule has 0 unspecified atom stereocenters. The molecule has 0 spiro atoms. The summed E-state index contributed by atoms with van der Waals surface area (Å²) in [5, 5.41) is 3.72. The van der Waals surface area contributed by atoms with Crippen LogP contribution in [0.3, 0.4) is 0 Å². The average Bonchev–Trinajstić information content (AvgIpc) is 2.92. The predicted molar refractivity (Wildman–Crippen MR) is 93.3 cm³/mol. The largest absolute Gasteiger partial charge is 0.464 e. The summed E-state index contributed by atoms with van der Waals surface area (Å²) >= 11 is 0. The van der Waals surface area contributed by atoms with E-state index in [1.165, 1.54) is 13.5 Å². The lowest BCUT2D eigenvalue weighted by atomic mass is 10.1. The number of nitrogens with zero attached hydrogens (tertiary/aromatic N) is 1. The van der Waals surface area contributed by atoms with Crippen LogP contribution < -0.4 is 5.32 Å². The normalized spacial score (nSPS) is 15.4. The van der Waals surface area contributed by atoms with Crippen molar-refractivity contribution in [3.63, 3.8) is 0 Å². The van der Waals surface area contributed by atoms with Crippen molar-refractivity contribution >= 4 is 28.5 Å². The van der Waals surface area contributed by atoms with E-state index in [9.17, 15) is 9.59 Å². The van der Waals surface area contributed by atoms with Crippen molar-refractivity contribution in [2.75, 3.05) is 32.1 Å². The maximum Gasteiger partial charge on any atom is 0.356 e. The Labute approximate surface area is 141 Å². The lowest BCUT2D eigenvalue weighted by molar-refractivity contribution is -0.117. The van der Waals surface area contributed by atoms with Crippen LogP contribution in [0.5, 0.6) is 0 Å². The van der Waals surface area contributed by atoms with Crippen molar-refractivity contribution in [1.82, 2.24) is 9.88 Å². The predicted octanol–water partition coefficient (Wildman–Crippen LogP) is 2.69. The van der Waals surface area contributed by atoms with Gasteiger partial charge in [-0.15, -0.1) is 0 Å². The Balaban J connectivity index is 1.86. The number of H-pyrrole nitrogens is 1. The van der Waals surface area contributed by atoms with Crippen LogP contribution in [0.1, 0.15) is 35.3 Å². The number of hydrogen-bond acceptors (Lipinski definition) is 4. The van der Waals surface area contributed by atoms with Crippen LogP contribution in [0.2, 0.25) is 0 Å². The van der Waals surface area contributed by atoms with Gasteiger partial charge in [-0.1, -0.05) is 18.6 Å². The van der Waals surface area contributed by atoms with Crippen LogP contribution in [0, 0.1) is 6.92 Å². The van der Waals surface area contributed by atoms with Gasteiger partial charge in [-0.05, 0) is 44.5 Å². The highest BCUT2D eigenvalue weighted by Gasteiger charge is 2.21. The summed E-state index contributed by atoms with van der Waals surface area (Å²) < 4.78 is 4.84. The molecule has 1 aliphatic heterocycles. The second-order valence-corrected chi connectivity index (χ2v) is 6.30. The molecule has 2 aromatic rings. The molecule has 6 nitrogen and oxygen atoms in total. The zero-order chi connectivity index (χ0) is 17.1. The summed E-state index contributed by atoms with van der Waals surface area (Å²) in [6.45, 7) is 4.22. The molecular weight excluding hydrogens is 306 g/mol. The Hall–Kier alpha value is -2.34. The molecule has 1 aromatic carbocycles. The van der Waals surface area contributed by atoms with Crippen molar-refractivity contribution in [1.29, 1.82) is 0 Å². The van der Waals surface area contributed by atoms with Crippen LogP contribution in [0.25, 0.3) is 10.9 Å². The number of anilines is 1. The van der Waals surface area contributed by atoms with Crippen molar-refractivity contribution in [2.45, 2.75) is 26.2 Å². The first kappa shape index (κ1) is 16.5. The van der Waals surface area contributed by atoms with Crippen LogP contribution in [0.15, 0.2) is 18.2 Å². The number of hydrogen-bond donors (Lipinski definition) is 2. The molecular formula is C18H23N3O3. The Kier molecular flexibility index (Phi) is 4.85. The summed E-state index contributed by atoms with van der Waals surface area (Å²) in [7, 11) is 1.33. The molecule has 0 aliphatic carbocycles. The Morgan fingerprint density at radius 2 is 2.00 bits per heavy atom. The van der Waals surface area contributed by atoms with Crippen LogP contribution in [-0.4, -0.2) is 48.5 Å². The maximum atomic E-state index is 12.4. The first-order valence-electron chi connectivity index (χ1n) is 8.31. The van der Waals surface area contributed by atoms with Gasteiger partial charge in [0, 0.05) is 10.9 Å². The smallest absolute Gasteiger partial charge is 0.356 e. The molecule has 3 rings (SSSR count). The number of piperidine rings is 1. The molecule has 0 radical (unpaired) electrons. The molecule has 0 atom stereocenters. The van der Waals surface area contributed by atoms with E-state index >= 15 is 0 Å². The molecule has 1 amide bonds. The fourth-order valence-corrected chi connectivity index (χ4v) is 3.20. The lowest BCUT2D eigenvalue weighted by Gasteiger charge is -2.25. The van der Waals surface area contributed by atoms with Crippen molar-refractivity contribution in [2.24, 2.45) is 0 Å². The second kappa shape index (κ2) is 7.05. The van der Waals surface area contributed by atoms with Gasteiger partial charge in [-0.3, -0.25) is 9.69 Å². The number of aromatic amines is 1. The van der Waals surface area contributed by atoms with Gasteiger partial charge in [0.15, 0.2) is 0 Å². The second-order valence-electron chi connectivity index (χ2n) is 6.30. The highest BCUT2D eigenvalue weighted by atomic mass is 16.5. The van der Waals surface area contributed by atoms with Crippen molar-refractivity contribution < 1.29 is 14.3 Å². The van der Waals surface area contributed by atoms with Gasteiger partial charge in [-0.2, -0.15) is 0 Å². The minimum absolute atomic E-state index is 0.108. The number of carbonyl (C=O) groups excluding carboxylic acids is 2. The number of carbonyl (C=O) groups is 2. The van der Waals surface area contributed by atoms with Gasteiger partial charge in [-0.25, -0.2) is 4.79 Å². The number of nitrogens with one attached hydrogen (secondary N) is 2. The number of aryl methyl sites for hydroxylation is 1. The lowest BCUT2D eigenvalue weighted by Crippen LogP contribution is -2.37. The molecule has 24 heavy (non-hydrogen) atoms. The number of ether oxygens (including phenoxy) is 1. The molecule has 0 saturated carbocycles. The first-order chi connectivity index (χ1) is 11.6. The summed E-state index contributed by atoms with van der Waals surface area (Å²) in [5.74, 6) is -0.597. The van der Waals surface area contributed by atoms with Crippen LogP contribution in [-0.2, 0) is 9.53 Å². The fourth-order valence-electron chi connectivity index (χ4n) is 3.20. The quantitative estimate of drug-likeness (QED) is 0.846. The number of aromatic nitrogens is 1. The molecule has 1 saturated heterocycles. The highest BCUT2D eigenvalue weighted by Crippen LogP contribution is 2.29. The number of rotatable bonds is 4. The van der Waals surface area contributed by atoms with E-state index in [0.29, 0.717) is 12.2 Å². The van der Waals surface area contributed by atoms with Gasteiger partial charge in [0.25, 0.3) is 0 Å². The summed E-state index contributed by atoms with van der Waals surface area (Å²) in [6, 6.07) is 5.81. The minimum Gasteiger partial charge on any atom is -0.464 e. The number of esters is 1. The van der Waals surface area contributed by atoms with E-state index in [1.807, 2.05) is 25.1 Å². The van der Waals surface area contributed by atoms with Gasteiger partial charge < -0.3 is 15.0 Å². The van der Waals surface area contributed by atoms with E-state index in [1.54, 1.807) is 0 Å². The summed E-state index contributed by atoms with van der Waals surface area (Å²) in [6.07, 6.45) is 3.49. The molecule has 0 bridgehead atoms. The number of amides is 1. The summed E-state index contributed by atoms with van der Waals surface area (Å²) in [5.41, 5.74) is 2.67. The SMILES string of the molecule is COC(=O)c1[nH]c2cc(C)ccc2c1NC(=O)CN1CCCCC1. The topological polar surface area (TPSA) is 74.4 Å². The molecule has 6 heteroatoms. The number of fused-ring (bicyclic) bond motifs is 1. The monoisotopic (exact) mass is 329 g/mol. The fraction of sp³-hybridized carbons (Fsp3) is 0.444. The molecule has 1 aliphatic rings. The number of methoxy groups -OCH3 is 1. The Morgan fingerprint density at radius 3 is 2.71 bits per heavy atom. The third-order valence-corrected chi connectivity index (χ3v) is 4.42. The van der Waals surface area contributed by atoms with Crippen LogP contribution in [0.4, 0.5) is 5.69 Å².